The third-order valence-electron chi connectivity index (χ3n) is 1.08. The monoisotopic (exact) mass is 228 g/mol. The predicted molar refractivity (Wildman–Crippen MR) is 58.1 cm³/mol. The first-order valence-electron chi connectivity index (χ1n) is 4.41. The number of nitrogens with one attached hydrogen (secondary N) is 2. The summed E-state index contributed by atoms with van der Waals surface area (Å²) in [6.07, 6.45) is 0. The van der Waals surface area contributed by atoms with Crippen molar-refractivity contribution in [3.05, 3.63) is 5.69 Å². The molecule has 0 aliphatic carbocycles. The topological polar surface area (TPSA) is 125 Å². The maximum Gasteiger partial charge on any atom is 0.273 e. The number of hydrogen-bond acceptors (Lipinski definition) is 6. The van der Waals surface area contributed by atoms with E-state index in [1.165, 1.54) is 5.01 Å². The van der Waals surface area contributed by atoms with E-state index in [0.29, 0.717) is 0 Å². The molecule has 0 fully saturated rings. The van der Waals surface area contributed by atoms with Gasteiger partial charge in [0.15, 0.2) is 5.69 Å². The van der Waals surface area contributed by atoms with Crippen molar-refractivity contribution in [3.63, 3.8) is 0 Å². The Kier molecular flexibility index (Phi) is 6.36. The van der Waals surface area contributed by atoms with Gasteiger partial charge in [0, 0.05) is 14.1 Å². The van der Waals surface area contributed by atoms with Gasteiger partial charge in [-0.3, -0.25) is 9.80 Å². The minimum atomic E-state index is -0.693. The molecule has 0 spiro atoms. The molecular weight excluding hydrogens is 212 g/mol. The zero-order chi connectivity index (χ0) is 12.6. The first kappa shape index (κ1) is 14.0. The quantitative estimate of drug-likeness (QED) is 0.466. The SMILES string of the molecule is CN(C)N=Nc1n[nH]nc1C(N)=O.CNC. The molecule has 1 aromatic rings. The average molecular weight is 228 g/mol. The first-order chi connectivity index (χ1) is 7.52. The number of primary amides is 1. The molecule has 16 heavy (non-hydrogen) atoms. The van der Waals surface area contributed by atoms with Gasteiger partial charge < -0.3 is 11.1 Å². The smallest absolute Gasteiger partial charge is 0.273 e. The molecule has 0 atom stereocenters. The highest BCUT2D eigenvalue weighted by Gasteiger charge is 2.12. The predicted octanol–water partition coefficient (Wildman–Crippen LogP) is -0.700. The maximum absolute atomic E-state index is 10.7. The van der Waals surface area contributed by atoms with Crippen LogP contribution < -0.4 is 11.1 Å². The highest BCUT2D eigenvalue weighted by molar-refractivity contribution is 5.94. The number of aromatic amines is 1. The second-order valence-electron chi connectivity index (χ2n) is 2.90. The van der Waals surface area contributed by atoms with Crippen LogP contribution in [0.5, 0.6) is 0 Å². The van der Waals surface area contributed by atoms with Crippen molar-refractivity contribution in [2.75, 3.05) is 28.2 Å². The number of aromatic nitrogens is 3. The summed E-state index contributed by atoms with van der Waals surface area (Å²) < 4.78 is 0. The van der Waals surface area contributed by atoms with E-state index < -0.39 is 5.91 Å². The van der Waals surface area contributed by atoms with E-state index in [4.69, 9.17) is 5.73 Å². The van der Waals surface area contributed by atoms with Crippen LogP contribution in [0.4, 0.5) is 5.82 Å². The summed E-state index contributed by atoms with van der Waals surface area (Å²) in [5.74, 6) is -0.609. The summed E-state index contributed by atoms with van der Waals surface area (Å²) in [4.78, 5) is 10.7. The molecule has 0 bridgehead atoms. The second-order valence-corrected chi connectivity index (χ2v) is 2.90. The Labute approximate surface area is 93.1 Å². The third-order valence-corrected chi connectivity index (χ3v) is 1.08. The highest BCUT2D eigenvalue weighted by Crippen LogP contribution is 2.11. The fourth-order valence-electron chi connectivity index (χ4n) is 0.592. The molecule has 1 aromatic heterocycles. The van der Waals surface area contributed by atoms with Crippen molar-refractivity contribution in [2.45, 2.75) is 0 Å². The van der Waals surface area contributed by atoms with Crippen molar-refractivity contribution < 1.29 is 4.79 Å². The average Bonchev–Trinajstić information content (AvgIpc) is 2.63. The lowest BCUT2D eigenvalue weighted by atomic mass is 10.4. The van der Waals surface area contributed by atoms with Gasteiger partial charge in [-0.1, -0.05) is 5.22 Å². The zero-order valence-corrected chi connectivity index (χ0v) is 9.72. The van der Waals surface area contributed by atoms with Gasteiger partial charge in [0.05, 0.1) is 0 Å². The standard InChI is InChI=1S/C5H9N7O.C2H7N/c1-12(2)11-9-5-3(4(6)13)7-10-8-5;1-3-2/h1-2H3,(H2,6,13)(H,7,8,10);3H,1-2H3. The Morgan fingerprint density at radius 3 is 2.44 bits per heavy atom. The molecule has 0 aromatic carbocycles. The minimum absolute atomic E-state index is 0.0226. The van der Waals surface area contributed by atoms with Crippen LogP contribution in [-0.2, 0) is 0 Å². The number of hydrogen-bond donors (Lipinski definition) is 3. The molecule has 1 heterocycles. The van der Waals surface area contributed by atoms with E-state index in [2.05, 4.69) is 31.1 Å². The molecule has 90 valence electrons. The molecule has 1 amide bonds. The van der Waals surface area contributed by atoms with Crippen molar-refractivity contribution in [1.82, 2.24) is 25.7 Å². The van der Waals surface area contributed by atoms with Gasteiger partial charge in [-0.2, -0.15) is 5.21 Å². The maximum atomic E-state index is 10.7. The molecule has 0 unspecified atom stereocenters. The minimum Gasteiger partial charge on any atom is -0.364 e. The van der Waals surface area contributed by atoms with E-state index in [9.17, 15) is 4.79 Å². The van der Waals surface area contributed by atoms with Gasteiger partial charge in [0.25, 0.3) is 5.91 Å². The van der Waals surface area contributed by atoms with Crippen LogP contribution in [0.1, 0.15) is 10.5 Å². The number of amides is 1. The van der Waals surface area contributed by atoms with Crippen molar-refractivity contribution in [2.24, 2.45) is 16.1 Å². The summed E-state index contributed by atoms with van der Waals surface area (Å²) in [5.41, 5.74) is 4.97. The molecule has 4 N–H and O–H groups in total. The van der Waals surface area contributed by atoms with Crippen LogP contribution in [0.3, 0.4) is 0 Å². The number of carbonyl (C=O) groups is 1. The number of nitrogens with two attached hydrogens (primary N) is 1. The molecule has 0 radical (unpaired) electrons. The normalized spacial score (nSPS) is 9.75. The molecule has 1 rings (SSSR count). The highest BCUT2D eigenvalue weighted by atomic mass is 16.1. The van der Waals surface area contributed by atoms with E-state index in [-0.39, 0.29) is 11.5 Å². The Balaban J connectivity index is 0.000000673. The van der Waals surface area contributed by atoms with Gasteiger partial charge in [-0.05, 0) is 14.1 Å². The number of H-pyrrole nitrogens is 1. The van der Waals surface area contributed by atoms with Crippen LogP contribution in [-0.4, -0.2) is 54.5 Å². The summed E-state index contributed by atoms with van der Waals surface area (Å²) in [5, 5.41) is 20.8. The Morgan fingerprint density at radius 2 is 2.00 bits per heavy atom. The molecule has 0 aliphatic rings. The number of carbonyl (C=O) groups excluding carboxylic acids is 1. The molecule has 0 saturated heterocycles. The third kappa shape index (κ3) is 5.00. The lowest BCUT2D eigenvalue weighted by Gasteiger charge is -1.98. The Bertz CT molecular complexity index is 344. The lowest BCUT2D eigenvalue weighted by Crippen LogP contribution is -2.11. The Morgan fingerprint density at radius 1 is 1.44 bits per heavy atom. The van der Waals surface area contributed by atoms with Gasteiger partial charge in [-0.15, -0.1) is 15.3 Å². The van der Waals surface area contributed by atoms with Crippen molar-refractivity contribution in [1.29, 1.82) is 0 Å². The van der Waals surface area contributed by atoms with Crippen molar-refractivity contribution in [3.8, 4) is 0 Å². The summed E-state index contributed by atoms with van der Waals surface area (Å²) in [6, 6.07) is 0. The van der Waals surface area contributed by atoms with E-state index in [1.807, 2.05) is 14.1 Å². The van der Waals surface area contributed by atoms with Crippen LogP contribution in [0.15, 0.2) is 10.3 Å². The van der Waals surface area contributed by atoms with Gasteiger partial charge >= 0.3 is 0 Å². The van der Waals surface area contributed by atoms with Gasteiger partial charge in [-0.25, -0.2) is 0 Å². The Hall–Kier alpha value is -2.03. The summed E-state index contributed by atoms with van der Waals surface area (Å²) in [7, 11) is 7.13. The van der Waals surface area contributed by atoms with Gasteiger partial charge in [0.1, 0.15) is 0 Å². The second kappa shape index (κ2) is 7.29. The van der Waals surface area contributed by atoms with Crippen LogP contribution in [0, 0.1) is 0 Å². The molecule has 9 heteroatoms. The molecular formula is C7H16N8O. The zero-order valence-electron chi connectivity index (χ0n) is 9.72. The largest absolute Gasteiger partial charge is 0.364 e. The molecule has 0 aliphatic heterocycles. The summed E-state index contributed by atoms with van der Waals surface area (Å²) in [6.45, 7) is 0. The fourth-order valence-corrected chi connectivity index (χ4v) is 0.592. The molecule has 0 saturated carbocycles. The number of nitrogens with zero attached hydrogens (tertiary/aromatic N) is 5. The van der Waals surface area contributed by atoms with Crippen LogP contribution >= 0.6 is 0 Å². The lowest BCUT2D eigenvalue weighted by molar-refractivity contribution is 0.0996. The first-order valence-corrected chi connectivity index (χ1v) is 4.41. The summed E-state index contributed by atoms with van der Waals surface area (Å²) >= 11 is 0. The van der Waals surface area contributed by atoms with Crippen LogP contribution in [0.2, 0.25) is 0 Å². The van der Waals surface area contributed by atoms with E-state index in [0.717, 1.165) is 0 Å². The van der Waals surface area contributed by atoms with E-state index >= 15 is 0 Å². The number of rotatable bonds is 3. The molecule has 9 nitrogen and oxygen atoms in total. The fraction of sp³-hybridized carbons (Fsp3) is 0.571. The van der Waals surface area contributed by atoms with Crippen molar-refractivity contribution >= 4 is 11.7 Å². The van der Waals surface area contributed by atoms with Gasteiger partial charge in [0.2, 0.25) is 5.82 Å². The van der Waals surface area contributed by atoms with E-state index in [1.54, 1.807) is 14.1 Å². The van der Waals surface area contributed by atoms with Crippen LogP contribution in [0.25, 0.3) is 0 Å².